The number of hydrogen-bond donors (Lipinski definition) is 0. The average molecular weight is 514 g/mol. The Kier molecular flexibility index (Phi) is 3.06. The highest BCUT2D eigenvalue weighted by Gasteiger charge is 2.67. The summed E-state index contributed by atoms with van der Waals surface area (Å²) in [4.78, 5) is 0. The van der Waals surface area contributed by atoms with Gasteiger partial charge in [-0.25, -0.2) is 0 Å². The molecule has 7 heterocycles. The summed E-state index contributed by atoms with van der Waals surface area (Å²) in [5, 5.41) is 2.47. The number of rotatable bonds is 0. The predicted molar refractivity (Wildman–Crippen MR) is 150 cm³/mol. The van der Waals surface area contributed by atoms with Gasteiger partial charge in [-0.2, -0.15) is 9.13 Å². The van der Waals surface area contributed by atoms with Crippen molar-refractivity contribution in [1.82, 2.24) is 4.57 Å². The minimum absolute atomic E-state index is 0.747. The molecule has 7 aromatic rings. The second-order valence-electron chi connectivity index (χ2n) is 10.9. The van der Waals surface area contributed by atoms with Crippen LogP contribution in [0.2, 0.25) is 0 Å². The second kappa shape index (κ2) is 6.24. The Morgan fingerprint density at radius 2 is 1.20 bits per heavy atom. The molecule has 4 aromatic carbocycles. The van der Waals surface area contributed by atoms with E-state index in [0.29, 0.717) is 0 Å². The smallest absolute Gasteiger partial charge is 0.380 e. The number of nitrogens with zero attached hydrogens (tertiary/aromatic N) is 3. The number of benzene rings is 4. The fourth-order valence-corrected chi connectivity index (χ4v) is 7.90. The Hall–Kier alpha value is -5.42. The minimum Gasteiger partial charge on any atom is -0.455 e. The van der Waals surface area contributed by atoms with E-state index in [9.17, 15) is 0 Å². The van der Waals surface area contributed by atoms with Crippen LogP contribution >= 0.6 is 0 Å². The largest absolute Gasteiger partial charge is 0.455 e. The molecule has 0 amide bonds. The summed E-state index contributed by atoms with van der Waals surface area (Å²) < 4.78 is 20.5. The lowest BCUT2D eigenvalue weighted by Crippen LogP contribution is -2.78. The van der Waals surface area contributed by atoms with Gasteiger partial charge in [-0.15, -0.1) is 4.57 Å². The van der Waals surface area contributed by atoms with Gasteiger partial charge in [0.15, 0.2) is 28.6 Å². The summed E-state index contributed by atoms with van der Waals surface area (Å²) in [5.41, 5.74) is 8.75. The van der Waals surface area contributed by atoms with Crippen molar-refractivity contribution in [3.63, 3.8) is 0 Å². The molecule has 0 bridgehead atoms. The Morgan fingerprint density at radius 1 is 0.500 bits per heavy atom. The van der Waals surface area contributed by atoms with Gasteiger partial charge < -0.3 is 9.47 Å². The van der Waals surface area contributed by atoms with Gasteiger partial charge in [0, 0.05) is 22.4 Å². The molecule has 4 aliphatic rings. The molecule has 40 heavy (non-hydrogen) atoms. The third kappa shape index (κ3) is 1.88. The first kappa shape index (κ1) is 19.6. The molecule has 1 atom stereocenters. The van der Waals surface area contributed by atoms with Crippen LogP contribution in [0.5, 0.6) is 23.1 Å². The summed E-state index contributed by atoms with van der Waals surface area (Å²) in [7, 11) is 0. The van der Waals surface area contributed by atoms with Crippen molar-refractivity contribution in [2.75, 3.05) is 0 Å². The molecule has 0 saturated heterocycles. The normalized spacial score (nSPS) is 17.5. The van der Waals surface area contributed by atoms with Gasteiger partial charge in [0.1, 0.15) is 17.0 Å². The summed E-state index contributed by atoms with van der Waals surface area (Å²) in [6.45, 7) is 0. The van der Waals surface area contributed by atoms with Crippen LogP contribution in [0, 0.1) is 0 Å². The topological polar surface area (TPSA) is 31.1 Å². The zero-order valence-corrected chi connectivity index (χ0v) is 21.1. The SMILES string of the molecule is c1cc2c3c(c1)Oc1cccc[n+]1C31c3c(ccc4c5cccc6c5n(c34)-c3c(ccc[n+]31)-c1ccccc1-6)O2. The predicted octanol–water partition coefficient (Wildman–Crippen LogP) is 6.83. The highest BCUT2D eigenvalue weighted by molar-refractivity contribution is 6.17. The lowest BCUT2D eigenvalue weighted by molar-refractivity contribution is -0.972. The number of fused-ring (bicyclic) bond motifs is 5. The third-order valence-corrected chi connectivity index (χ3v) is 9.24. The van der Waals surface area contributed by atoms with Crippen LogP contribution in [-0.4, -0.2) is 4.57 Å². The van der Waals surface area contributed by atoms with Gasteiger partial charge in [-0.1, -0.05) is 42.5 Å². The molecule has 0 saturated carbocycles. The molecule has 3 aromatic heterocycles. The summed E-state index contributed by atoms with van der Waals surface area (Å²) in [6, 6.07) is 36.7. The monoisotopic (exact) mass is 513 g/mol. The summed E-state index contributed by atoms with van der Waals surface area (Å²) in [5.74, 6) is 4.44. The van der Waals surface area contributed by atoms with Crippen LogP contribution in [0.25, 0.3) is 49.9 Å². The highest BCUT2D eigenvalue weighted by atomic mass is 16.5. The highest BCUT2D eigenvalue weighted by Crippen LogP contribution is 2.58. The third-order valence-electron chi connectivity index (χ3n) is 9.24. The van der Waals surface area contributed by atoms with Crippen LogP contribution < -0.4 is 18.6 Å². The van der Waals surface area contributed by atoms with Crippen LogP contribution in [0.15, 0.2) is 116 Å². The van der Waals surface area contributed by atoms with Crippen molar-refractivity contribution in [1.29, 1.82) is 0 Å². The van der Waals surface area contributed by atoms with E-state index >= 15 is 0 Å². The molecular formula is C35H19N3O2+2. The van der Waals surface area contributed by atoms with E-state index in [1.807, 2.05) is 12.1 Å². The molecule has 184 valence electrons. The van der Waals surface area contributed by atoms with Gasteiger partial charge in [-0.05, 0) is 59.7 Å². The molecule has 1 unspecified atom stereocenters. The van der Waals surface area contributed by atoms with Crippen molar-refractivity contribution in [3.05, 3.63) is 127 Å². The fraction of sp³-hybridized carbons (Fsp3) is 0.0286. The molecule has 1 spiro atoms. The van der Waals surface area contributed by atoms with E-state index in [0.717, 1.165) is 40.1 Å². The van der Waals surface area contributed by atoms with Crippen molar-refractivity contribution < 1.29 is 18.6 Å². The van der Waals surface area contributed by atoms with Crippen LogP contribution in [0.4, 0.5) is 0 Å². The maximum Gasteiger partial charge on any atom is 0.380 e. The molecule has 0 aliphatic carbocycles. The zero-order chi connectivity index (χ0) is 25.7. The summed E-state index contributed by atoms with van der Waals surface area (Å²) >= 11 is 0. The average Bonchev–Trinajstić information content (AvgIpc) is 3.28. The van der Waals surface area contributed by atoms with Crippen LogP contribution in [-0.2, 0) is 5.66 Å². The standard InChI is InChI=1S/C35H19N3O2/c1-2-9-21-20(8-1)22-10-5-11-23-24-16-17-28-31-33(24)38(32(22)23)34-25(21)12-7-19-37(34)35(31)30-26(39-28)13-6-14-27(30)40-29-15-3-4-18-36(29)35/h1-19H/q+2. The minimum atomic E-state index is -0.747. The lowest BCUT2D eigenvalue weighted by Gasteiger charge is -2.39. The second-order valence-corrected chi connectivity index (χ2v) is 10.9. The van der Waals surface area contributed by atoms with Gasteiger partial charge in [0.2, 0.25) is 0 Å². The molecule has 5 nitrogen and oxygen atoms in total. The number of para-hydroxylation sites is 1. The molecule has 0 radical (unpaired) electrons. The van der Waals surface area contributed by atoms with Crippen molar-refractivity contribution >= 4 is 21.8 Å². The van der Waals surface area contributed by atoms with Gasteiger partial charge >= 0.3 is 17.4 Å². The van der Waals surface area contributed by atoms with Gasteiger partial charge in [-0.3, -0.25) is 0 Å². The first-order valence-corrected chi connectivity index (χ1v) is 13.6. The van der Waals surface area contributed by atoms with E-state index in [2.05, 4.69) is 117 Å². The molecule has 4 aliphatic heterocycles. The number of hydrogen-bond acceptors (Lipinski definition) is 2. The van der Waals surface area contributed by atoms with E-state index in [1.54, 1.807) is 0 Å². The first-order valence-electron chi connectivity index (χ1n) is 13.6. The van der Waals surface area contributed by atoms with E-state index in [1.165, 1.54) is 44.1 Å². The number of ether oxygens (including phenoxy) is 2. The molecule has 11 rings (SSSR count). The maximum atomic E-state index is 6.73. The Bertz CT molecular complexity index is 2340. The fourth-order valence-electron chi connectivity index (χ4n) is 7.90. The van der Waals surface area contributed by atoms with Gasteiger partial charge in [0.25, 0.3) is 0 Å². The van der Waals surface area contributed by atoms with Crippen molar-refractivity contribution in [2.45, 2.75) is 5.66 Å². The van der Waals surface area contributed by atoms with Gasteiger partial charge in [0.05, 0.1) is 17.8 Å². The van der Waals surface area contributed by atoms with E-state index < -0.39 is 5.66 Å². The maximum absolute atomic E-state index is 6.73. The van der Waals surface area contributed by atoms with Crippen molar-refractivity contribution in [2.24, 2.45) is 0 Å². The van der Waals surface area contributed by atoms with Crippen molar-refractivity contribution in [3.8, 4) is 51.2 Å². The molecule has 0 N–H and O–H groups in total. The van der Waals surface area contributed by atoms with E-state index in [-0.39, 0.29) is 0 Å². The first-order chi connectivity index (χ1) is 19.9. The Balaban J connectivity index is 1.51. The number of aromatic nitrogens is 3. The lowest BCUT2D eigenvalue weighted by atomic mass is 9.82. The Morgan fingerprint density at radius 3 is 2.12 bits per heavy atom. The number of pyridine rings is 2. The molecule has 0 fully saturated rings. The molecule has 5 heteroatoms. The van der Waals surface area contributed by atoms with Crippen LogP contribution in [0.1, 0.15) is 11.1 Å². The quantitative estimate of drug-likeness (QED) is 0.208. The zero-order valence-electron chi connectivity index (χ0n) is 21.1. The van der Waals surface area contributed by atoms with E-state index in [4.69, 9.17) is 9.47 Å². The molecular weight excluding hydrogens is 494 g/mol. The van der Waals surface area contributed by atoms with Crippen LogP contribution in [0.3, 0.4) is 0 Å². The summed E-state index contributed by atoms with van der Waals surface area (Å²) in [6.07, 6.45) is 4.37. The Labute approximate surface area is 228 Å².